The number of ether oxygens (including phenoxy) is 1. The maximum Gasteiger partial charge on any atom is 0.0762 e. The molecule has 1 aliphatic carbocycles. The summed E-state index contributed by atoms with van der Waals surface area (Å²) in [6, 6.07) is 2.69. The van der Waals surface area contributed by atoms with Crippen LogP contribution in [0.2, 0.25) is 0 Å². The highest BCUT2D eigenvalue weighted by Gasteiger charge is 2.42. The summed E-state index contributed by atoms with van der Waals surface area (Å²) in [5.74, 6) is 0.607. The van der Waals surface area contributed by atoms with Gasteiger partial charge < -0.3 is 14.6 Å². The van der Waals surface area contributed by atoms with Gasteiger partial charge in [0.2, 0.25) is 0 Å². The van der Waals surface area contributed by atoms with Crippen molar-refractivity contribution in [2.75, 3.05) is 7.05 Å². The van der Waals surface area contributed by atoms with Gasteiger partial charge in [-0.1, -0.05) is 26.7 Å². The van der Waals surface area contributed by atoms with E-state index in [-0.39, 0.29) is 5.60 Å². The third kappa shape index (κ3) is 3.19. The molecule has 2 atom stereocenters. The molecule has 1 N–H and O–H groups in total. The van der Waals surface area contributed by atoms with E-state index in [1.807, 2.05) is 7.05 Å². The lowest BCUT2D eigenvalue weighted by Crippen LogP contribution is -2.26. The first-order chi connectivity index (χ1) is 10.1. The third-order valence-electron chi connectivity index (χ3n) is 5.38. The Balaban J connectivity index is 1.60. The van der Waals surface area contributed by atoms with Crippen LogP contribution in [0.4, 0.5) is 0 Å². The van der Waals surface area contributed by atoms with Crippen LogP contribution in [-0.2, 0) is 11.3 Å². The minimum Gasteiger partial charge on any atom is -0.370 e. The van der Waals surface area contributed by atoms with Crippen LogP contribution in [0.25, 0.3) is 0 Å². The first-order valence-electron chi connectivity index (χ1n) is 8.63. The van der Waals surface area contributed by atoms with Gasteiger partial charge in [-0.05, 0) is 50.3 Å². The summed E-state index contributed by atoms with van der Waals surface area (Å²) >= 11 is 0. The van der Waals surface area contributed by atoms with Crippen molar-refractivity contribution < 1.29 is 4.74 Å². The molecule has 1 saturated heterocycles. The number of hydrogen-bond donors (Lipinski definition) is 1. The van der Waals surface area contributed by atoms with Gasteiger partial charge in [0.1, 0.15) is 0 Å². The second-order valence-corrected chi connectivity index (χ2v) is 7.32. The highest BCUT2D eigenvalue weighted by atomic mass is 16.5. The van der Waals surface area contributed by atoms with Gasteiger partial charge >= 0.3 is 0 Å². The van der Waals surface area contributed by atoms with Crippen LogP contribution < -0.4 is 5.32 Å². The lowest BCUT2D eigenvalue weighted by atomic mass is 9.98. The Bertz CT molecular complexity index is 460. The van der Waals surface area contributed by atoms with E-state index >= 15 is 0 Å². The topological polar surface area (TPSA) is 26.2 Å². The van der Waals surface area contributed by atoms with Gasteiger partial charge in [-0.3, -0.25) is 0 Å². The van der Waals surface area contributed by atoms with E-state index < -0.39 is 0 Å². The molecule has 0 aromatic carbocycles. The monoisotopic (exact) mass is 290 g/mol. The number of nitrogens with one attached hydrogen (secondary N) is 1. The summed E-state index contributed by atoms with van der Waals surface area (Å²) in [6.07, 6.45) is 12.7. The zero-order chi connectivity index (χ0) is 14.9. The van der Waals surface area contributed by atoms with Gasteiger partial charge in [-0.2, -0.15) is 0 Å². The van der Waals surface area contributed by atoms with E-state index in [9.17, 15) is 0 Å². The predicted octanol–water partition coefficient (Wildman–Crippen LogP) is 3.90. The fraction of sp³-hybridized carbons (Fsp3) is 0.778. The predicted molar refractivity (Wildman–Crippen MR) is 86.4 cm³/mol. The van der Waals surface area contributed by atoms with Crippen molar-refractivity contribution in [3.05, 3.63) is 24.0 Å². The Hall–Kier alpha value is -0.800. The second kappa shape index (κ2) is 6.13. The van der Waals surface area contributed by atoms with E-state index in [0.717, 1.165) is 6.54 Å². The fourth-order valence-corrected chi connectivity index (χ4v) is 4.29. The van der Waals surface area contributed by atoms with E-state index in [0.29, 0.717) is 18.1 Å². The Morgan fingerprint density at radius 2 is 2.10 bits per heavy atom. The average Bonchev–Trinajstić information content (AvgIpc) is 3.15. The molecular formula is C18H30N2O. The van der Waals surface area contributed by atoms with Crippen LogP contribution in [0.3, 0.4) is 0 Å². The number of hydrogen-bond acceptors (Lipinski definition) is 2. The van der Waals surface area contributed by atoms with Gasteiger partial charge in [0.15, 0.2) is 0 Å². The summed E-state index contributed by atoms with van der Waals surface area (Å²) in [5.41, 5.74) is 1.65. The highest BCUT2D eigenvalue weighted by Crippen LogP contribution is 2.43. The molecule has 3 rings (SSSR count). The maximum absolute atomic E-state index is 6.42. The van der Waals surface area contributed by atoms with Crippen molar-refractivity contribution in [1.82, 2.24) is 9.88 Å². The molecule has 2 heterocycles. The molecule has 118 valence electrons. The molecule has 2 fully saturated rings. The molecule has 3 heteroatoms. The summed E-state index contributed by atoms with van der Waals surface area (Å²) in [7, 11) is 2.05. The molecule has 2 aliphatic rings. The average molecular weight is 290 g/mol. The van der Waals surface area contributed by atoms with Crippen LogP contribution in [0.1, 0.15) is 64.0 Å². The fourth-order valence-electron chi connectivity index (χ4n) is 4.29. The van der Waals surface area contributed by atoms with Crippen molar-refractivity contribution in [2.24, 2.45) is 5.92 Å². The summed E-state index contributed by atoms with van der Waals surface area (Å²) in [6.45, 7) is 5.54. The molecule has 3 nitrogen and oxygen atoms in total. The smallest absolute Gasteiger partial charge is 0.0762 e. The van der Waals surface area contributed by atoms with Crippen LogP contribution in [0.5, 0.6) is 0 Å². The Morgan fingerprint density at radius 3 is 2.76 bits per heavy atom. The van der Waals surface area contributed by atoms with Gasteiger partial charge in [-0.25, -0.2) is 0 Å². The van der Waals surface area contributed by atoms with Crippen LogP contribution >= 0.6 is 0 Å². The van der Waals surface area contributed by atoms with Crippen LogP contribution in [0.15, 0.2) is 18.5 Å². The third-order valence-corrected chi connectivity index (χ3v) is 5.38. The summed E-state index contributed by atoms with van der Waals surface area (Å²) in [5, 5.41) is 3.42. The Labute approximate surface area is 129 Å². The number of aromatic nitrogens is 1. The van der Waals surface area contributed by atoms with Crippen molar-refractivity contribution in [2.45, 2.75) is 76.7 Å². The standard InChI is InChI=1S/C18H30N2O/c1-14(2)17(19-3)15-7-11-20(12-15)13-16-6-10-18(21-16)8-4-5-9-18/h7,11-12,14,16-17,19H,4-6,8-10,13H2,1-3H3. The molecule has 21 heavy (non-hydrogen) atoms. The largest absolute Gasteiger partial charge is 0.370 e. The van der Waals surface area contributed by atoms with E-state index in [2.05, 4.69) is 42.2 Å². The minimum atomic E-state index is 0.256. The molecule has 1 saturated carbocycles. The minimum absolute atomic E-state index is 0.256. The summed E-state index contributed by atoms with van der Waals surface area (Å²) in [4.78, 5) is 0. The summed E-state index contributed by atoms with van der Waals surface area (Å²) < 4.78 is 8.74. The normalized spacial score (nSPS) is 26.0. The molecular weight excluding hydrogens is 260 g/mol. The van der Waals surface area contributed by atoms with E-state index in [1.165, 1.54) is 44.1 Å². The van der Waals surface area contributed by atoms with E-state index in [4.69, 9.17) is 4.74 Å². The van der Waals surface area contributed by atoms with Gasteiger partial charge in [0.25, 0.3) is 0 Å². The highest BCUT2D eigenvalue weighted by molar-refractivity contribution is 5.16. The molecule has 1 aromatic heterocycles. The van der Waals surface area contributed by atoms with Crippen molar-refractivity contribution >= 4 is 0 Å². The zero-order valence-electron chi connectivity index (χ0n) is 13.8. The van der Waals surface area contributed by atoms with E-state index in [1.54, 1.807) is 0 Å². The Morgan fingerprint density at radius 1 is 1.33 bits per heavy atom. The quantitative estimate of drug-likeness (QED) is 0.890. The van der Waals surface area contributed by atoms with Crippen LogP contribution in [-0.4, -0.2) is 23.3 Å². The van der Waals surface area contributed by atoms with Crippen LogP contribution in [0, 0.1) is 5.92 Å². The SMILES string of the molecule is CNC(c1ccn(CC2CCC3(CCCC3)O2)c1)C(C)C. The van der Waals surface area contributed by atoms with Gasteiger partial charge in [0.05, 0.1) is 11.7 Å². The first-order valence-corrected chi connectivity index (χ1v) is 8.63. The van der Waals surface area contributed by atoms with Gasteiger partial charge in [0, 0.05) is 25.0 Å². The lowest BCUT2D eigenvalue weighted by molar-refractivity contribution is -0.0417. The number of rotatable bonds is 5. The Kier molecular flexibility index (Phi) is 4.41. The molecule has 0 radical (unpaired) electrons. The number of nitrogens with zero attached hydrogens (tertiary/aromatic N) is 1. The molecule has 0 amide bonds. The maximum atomic E-state index is 6.42. The molecule has 2 unspecified atom stereocenters. The lowest BCUT2D eigenvalue weighted by Gasteiger charge is -2.24. The van der Waals surface area contributed by atoms with Crippen molar-refractivity contribution in [1.29, 1.82) is 0 Å². The molecule has 1 spiro atoms. The van der Waals surface area contributed by atoms with Crippen molar-refractivity contribution in [3.8, 4) is 0 Å². The first kappa shape index (κ1) is 15.1. The molecule has 0 bridgehead atoms. The molecule has 1 aromatic rings. The van der Waals surface area contributed by atoms with Gasteiger partial charge in [-0.15, -0.1) is 0 Å². The molecule has 1 aliphatic heterocycles. The zero-order valence-corrected chi connectivity index (χ0v) is 13.8. The van der Waals surface area contributed by atoms with Crippen molar-refractivity contribution in [3.63, 3.8) is 0 Å². The second-order valence-electron chi connectivity index (χ2n) is 7.32.